The van der Waals surface area contributed by atoms with E-state index in [-0.39, 0.29) is 24.7 Å². The summed E-state index contributed by atoms with van der Waals surface area (Å²) in [5.41, 5.74) is 11.1. The Hall–Kier alpha value is -2.34. The van der Waals surface area contributed by atoms with Gasteiger partial charge in [-0.25, -0.2) is 4.79 Å². The highest BCUT2D eigenvalue weighted by Gasteiger charge is 2.32. The number of rotatable bonds is 16. The van der Waals surface area contributed by atoms with Gasteiger partial charge in [0.15, 0.2) is 0 Å². The van der Waals surface area contributed by atoms with E-state index in [9.17, 15) is 29.1 Å². The van der Waals surface area contributed by atoms with Gasteiger partial charge in [-0.1, -0.05) is 34.1 Å². The summed E-state index contributed by atoms with van der Waals surface area (Å²) >= 11 is 1.45. The van der Waals surface area contributed by atoms with E-state index in [0.29, 0.717) is 12.2 Å². The van der Waals surface area contributed by atoms with Crippen LogP contribution in [0.2, 0.25) is 0 Å². The van der Waals surface area contributed by atoms with Crippen molar-refractivity contribution >= 4 is 41.4 Å². The summed E-state index contributed by atoms with van der Waals surface area (Å²) in [6.45, 7) is 7.32. The molecular formula is C21H39N5O6S. The zero-order valence-electron chi connectivity index (χ0n) is 20.1. The lowest BCUT2D eigenvalue weighted by Crippen LogP contribution is -2.58. The van der Waals surface area contributed by atoms with Gasteiger partial charge in [-0.2, -0.15) is 11.8 Å². The summed E-state index contributed by atoms with van der Waals surface area (Å²) in [5, 5.41) is 16.8. The summed E-state index contributed by atoms with van der Waals surface area (Å²) in [5.74, 6) is -3.69. The van der Waals surface area contributed by atoms with Gasteiger partial charge < -0.3 is 32.5 Å². The van der Waals surface area contributed by atoms with E-state index in [2.05, 4.69) is 16.0 Å². The van der Waals surface area contributed by atoms with Gasteiger partial charge in [0.25, 0.3) is 0 Å². The van der Waals surface area contributed by atoms with Crippen molar-refractivity contribution in [2.75, 3.05) is 12.0 Å². The Balaban J connectivity index is 5.52. The number of carbonyl (C=O) groups is 5. The van der Waals surface area contributed by atoms with Gasteiger partial charge >= 0.3 is 5.97 Å². The minimum Gasteiger partial charge on any atom is -0.480 e. The van der Waals surface area contributed by atoms with Gasteiger partial charge in [-0.15, -0.1) is 0 Å². The van der Waals surface area contributed by atoms with Crippen LogP contribution in [0.1, 0.15) is 53.4 Å². The molecule has 33 heavy (non-hydrogen) atoms. The fraction of sp³-hybridized carbons (Fsp3) is 0.762. The molecule has 11 nitrogen and oxygen atoms in total. The van der Waals surface area contributed by atoms with E-state index in [1.165, 1.54) is 11.8 Å². The molecule has 0 bridgehead atoms. The first-order chi connectivity index (χ1) is 15.3. The van der Waals surface area contributed by atoms with Crippen LogP contribution in [0.15, 0.2) is 0 Å². The van der Waals surface area contributed by atoms with Crippen LogP contribution in [0.3, 0.4) is 0 Å². The molecule has 0 aromatic carbocycles. The molecule has 0 saturated heterocycles. The third kappa shape index (κ3) is 11.9. The molecule has 0 aromatic heterocycles. The number of amides is 4. The molecule has 190 valence electrons. The summed E-state index contributed by atoms with van der Waals surface area (Å²) in [6.07, 6.45) is 2.42. The zero-order chi connectivity index (χ0) is 25.7. The predicted octanol–water partition coefficient (Wildman–Crippen LogP) is -0.427. The Morgan fingerprint density at radius 3 is 1.88 bits per heavy atom. The van der Waals surface area contributed by atoms with Crippen molar-refractivity contribution in [2.24, 2.45) is 23.3 Å². The second kappa shape index (κ2) is 15.5. The van der Waals surface area contributed by atoms with Crippen LogP contribution < -0.4 is 27.4 Å². The average Bonchev–Trinajstić information content (AvgIpc) is 2.73. The largest absolute Gasteiger partial charge is 0.480 e. The monoisotopic (exact) mass is 489 g/mol. The minimum absolute atomic E-state index is 0.0152. The van der Waals surface area contributed by atoms with E-state index in [0.717, 1.165) is 0 Å². The summed E-state index contributed by atoms with van der Waals surface area (Å²) < 4.78 is 0. The lowest BCUT2D eigenvalue weighted by Gasteiger charge is -2.26. The number of carboxylic acids is 1. The molecule has 4 amide bonds. The maximum Gasteiger partial charge on any atom is 0.326 e. The molecular weight excluding hydrogens is 450 g/mol. The summed E-state index contributed by atoms with van der Waals surface area (Å²) in [4.78, 5) is 61.1. The molecule has 0 heterocycles. The van der Waals surface area contributed by atoms with E-state index >= 15 is 0 Å². The molecule has 0 saturated carbocycles. The molecule has 5 unspecified atom stereocenters. The van der Waals surface area contributed by atoms with Gasteiger partial charge in [0, 0.05) is 0 Å². The normalized spacial score (nSPS) is 15.6. The topological polar surface area (TPSA) is 194 Å². The second-order valence-electron chi connectivity index (χ2n) is 8.51. The van der Waals surface area contributed by atoms with Gasteiger partial charge in [0.05, 0.1) is 12.5 Å². The van der Waals surface area contributed by atoms with Crippen molar-refractivity contribution in [3.63, 3.8) is 0 Å². The Morgan fingerprint density at radius 1 is 0.909 bits per heavy atom. The number of nitrogens with one attached hydrogen (secondary N) is 3. The van der Waals surface area contributed by atoms with Crippen LogP contribution in [0.4, 0.5) is 0 Å². The molecule has 5 atom stereocenters. The number of thioether (sulfide) groups is 1. The van der Waals surface area contributed by atoms with Crippen LogP contribution in [-0.4, -0.2) is 70.9 Å². The van der Waals surface area contributed by atoms with Crippen molar-refractivity contribution in [3.05, 3.63) is 0 Å². The lowest BCUT2D eigenvalue weighted by molar-refractivity contribution is -0.142. The maximum atomic E-state index is 12.9. The zero-order valence-corrected chi connectivity index (χ0v) is 20.9. The Labute approximate surface area is 199 Å². The number of primary amides is 1. The van der Waals surface area contributed by atoms with E-state index in [4.69, 9.17) is 11.5 Å². The smallest absolute Gasteiger partial charge is 0.326 e. The fourth-order valence-electron chi connectivity index (χ4n) is 2.93. The van der Waals surface area contributed by atoms with Crippen LogP contribution in [0.25, 0.3) is 0 Å². The highest BCUT2D eigenvalue weighted by molar-refractivity contribution is 7.98. The predicted molar refractivity (Wildman–Crippen MR) is 127 cm³/mol. The van der Waals surface area contributed by atoms with Crippen molar-refractivity contribution < 1.29 is 29.1 Å². The molecule has 0 rings (SSSR count). The second-order valence-corrected chi connectivity index (χ2v) is 9.50. The minimum atomic E-state index is -1.32. The first-order valence-electron chi connectivity index (χ1n) is 11.0. The third-order valence-electron chi connectivity index (χ3n) is 5.16. The molecule has 0 aliphatic carbocycles. The van der Waals surface area contributed by atoms with Crippen LogP contribution >= 0.6 is 11.8 Å². The summed E-state index contributed by atoms with van der Waals surface area (Å²) in [6, 6.07) is -4.38. The number of aliphatic carboxylic acids is 1. The van der Waals surface area contributed by atoms with Crippen molar-refractivity contribution in [1.29, 1.82) is 0 Å². The molecule has 0 aromatic rings. The standard InChI is InChI=1S/C21H39N5O6S/c1-6-12(4)17(23)20(30)26-15(10-16(22)27)19(29)25-14(9-11(2)3)18(28)24-13(21(31)32)7-8-33-5/h11-15,17H,6-10,23H2,1-5H3,(H2,22,27)(H,24,28)(H,25,29)(H,26,30)(H,31,32). The number of hydrogen-bond acceptors (Lipinski definition) is 7. The summed E-state index contributed by atoms with van der Waals surface area (Å²) in [7, 11) is 0. The first-order valence-corrected chi connectivity index (χ1v) is 12.4. The quantitative estimate of drug-likeness (QED) is 0.168. The van der Waals surface area contributed by atoms with Gasteiger partial charge in [0.2, 0.25) is 23.6 Å². The van der Waals surface area contributed by atoms with Crippen LogP contribution in [-0.2, 0) is 24.0 Å². The van der Waals surface area contributed by atoms with Gasteiger partial charge in [-0.3, -0.25) is 19.2 Å². The molecule has 8 N–H and O–H groups in total. The van der Waals surface area contributed by atoms with Gasteiger partial charge in [-0.05, 0) is 36.7 Å². The third-order valence-corrected chi connectivity index (χ3v) is 5.81. The molecule has 12 heteroatoms. The first kappa shape index (κ1) is 30.7. The van der Waals surface area contributed by atoms with Crippen molar-refractivity contribution in [1.82, 2.24) is 16.0 Å². The number of hydrogen-bond donors (Lipinski definition) is 6. The average molecular weight is 490 g/mol. The van der Waals surface area contributed by atoms with Crippen molar-refractivity contribution in [2.45, 2.75) is 77.5 Å². The Kier molecular flexibility index (Phi) is 14.4. The molecule has 0 aliphatic heterocycles. The fourth-order valence-corrected chi connectivity index (χ4v) is 3.40. The highest BCUT2D eigenvalue weighted by Crippen LogP contribution is 2.09. The molecule has 0 fully saturated rings. The SMILES string of the molecule is CCC(C)C(N)C(=O)NC(CC(N)=O)C(=O)NC(CC(C)C)C(=O)NC(CCSC)C(=O)O. The number of carboxylic acid groups (broad SMARTS) is 1. The Bertz CT molecular complexity index is 690. The number of carbonyl (C=O) groups excluding carboxylic acids is 4. The van der Waals surface area contributed by atoms with E-state index < -0.39 is 60.2 Å². The van der Waals surface area contributed by atoms with Crippen LogP contribution in [0, 0.1) is 11.8 Å². The lowest BCUT2D eigenvalue weighted by atomic mass is 9.98. The van der Waals surface area contributed by atoms with Crippen molar-refractivity contribution in [3.8, 4) is 0 Å². The molecule has 0 aliphatic rings. The maximum absolute atomic E-state index is 12.9. The number of nitrogens with two attached hydrogens (primary N) is 2. The Morgan fingerprint density at radius 2 is 1.42 bits per heavy atom. The van der Waals surface area contributed by atoms with Crippen LogP contribution in [0.5, 0.6) is 0 Å². The van der Waals surface area contributed by atoms with E-state index in [1.54, 1.807) is 6.92 Å². The highest BCUT2D eigenvalue weighted by atomic mass is 32.2. The molecule has 0 radical (unpaired) electrons. The molecule has 0 spiro atoms. The van der Waals surface area contributed by atoms with Gasteiger partial charge in [0.1, 0.15) is 18.1 Å². The van der Waals surface area contributed by atoms with E-state index in [1.807, 2.05) is 27.0 Å².